The van der Waals surface area contributed by atoms with Gasteiger partial charge in [-0.3, -0.25) is 19.1 Å². The Balaban J connectivity index is 1.94. The highest BCUT2D eigenvalue weighted by Crippen LogP contribution is 2.41. The van der Waals surface area contributed by atoms with Gasteiger partial charge in [0.1, 0.15) is 0 Å². The predicted molar refractivity (Wildman–Crippen MR) is 108 cm³/mol. The maximum atomic E-state index is 13.6. The molecule has 2 aliphatic rings. The lowest BCUT2D eigenvalue weighted by Gasteiger charge is -2.40. The van der Waals surface area contributed by atoms with Crippen LogP contribution < -0.4 is 0 Å². The summed E-state index contributed by atoms with van der Waals surface area (Å²) in [5.74, 6) is -2.64. The quantitative estimate of drug-likeness (QED) is 0.826. The molecule has 27 heavy (non-hydrogen) atoms. The van der Waals surface area contributed by atoms with Gasteiger partial charge in [0.15, 0.2) is 0 Å². The number of carbonyl (C=O) groups is 2. The van der Waals surface area contributed by atoms with Crippen LogP contribution in [0.25, 0.3) is 16.5 Å². The third-order valence-corrected chi connectivity index (χ3v) is 5.23. The van der Waals surface area contributed by atoms with Crippen LogP contribution >= 0.6 is 0 Å². The van der Waals surface area contributed by atoms with E-state index in [1.165, 1.54) is 19.1 Å². The van der Waals surface area contributed by atoms with Crippen molar-refractivity contribution in [1.82, 2.24) is 14.4 Å². The molecule has 2 atom stereocenters. The summed E-state index contributed by atoms with van der Waals surface area (Å²) in [6.07, 6.45) is 1.25. The van der Waals surface area contributed by atoms with Crippen molar-refractivity contribution in [2.75, 3.05) is 26.6 Å². The summed E-state index contributed by atoms with van der Waals surface area (Å²) in [5, 5.41) is 0.346. The van der Waals surface area contributed by atoms with Gasteiger partial charge < -0.3 is 4.90 Å². The molecule has 5 nitrogen and oxygen atoms in total. The second-order valence-electron chi connectivity index (χ2n) is 6.79. The summed E-state index contributed by atoms with van der Waals surface area (Å²) in [4.78, 5) is 27.8. The summed E-state index contributed by atoms with van der Waals surface area (Å²) >= 11 is 0. The van der Waals surface area contributed by atoms with E-state index in [0.717, 1.165) is 9.47 Å². The lowest BCUT2D eigenvalue weighted by molar-refractivity contribution is -0.134. The number of hydrogen-bond donors (Lipinski definition) is 0. The Hall–Kier alpha value is -2.40. The van der Waals surface area contributed by atoms with Gasteiger partial charge in [-0.2, -0.15) is 0 Å². The SMILES string of the molecule is [2H]c1cc2c3c(c([2H])n(C(C)=O)c3c1[2H])C[C@@H]1C2=C[C@@H](C(=O)N(CC([2H])([2H])[2H])CC([2H])([2H])[2H])CN1C([2H])([2H])[2H]. The standard InChI is InChI=1S/C22H27N3O2/c1-5-24(6-2)22(27)16-10-18-17-8-7-9-19-21(17)15(13-25(19)14(3)26)11-20(18)23(4)12-16/h7-10,13,16,20H,5-6,11-12H2,1-4H3/t16-,20-/m1/s1/i1D3,2D3,4D3,7D,9D,13D. The number of aromatic nitrogens is 1. The minimum Gasteiger partial charge on any atom is -0.343 e. The Morgan fingerprint density at radius 2 is 2.19 bits per heavy atom. The molecule has 0 bridgehead atoms. The van der Waals surface area contributed by atoms with Crippen molar-refractivity contribution in [2.24, 2.45) is 5.92 Å². The van der Waals surface area contributed by atoms with Gasteiger partial charge in [0, 0.05) is 56.5 Å². The molecule has 1 amide bonds. The fraction of sp³-hybridized carbons (Fsp3) is 0.455. The molecule has 0 saturated heterocycles. The molecule has 1 aromatic carbocycles. The van der Waals surface area contributed by atoms with Gasteiger partial charge in [-0.1, -0.05) is 18.2 Å². The van der Waals surface area contributed by atoms with E-state index in [-0.39, 0.29) is 36.7 Å². The highest BCUT2D eigenvalue weighted by atomic mass is 16.2. The second kappa shape index (κ2) is 6.64. The average molecular weight is 378 g/mol. The maximum absolute atomic E-state index is 13.6. The normalized spacial score (nSPS) is 29.6. The average Bonchev–Trinajstić information content (AvgIpc) is 3.06. The second-order valence-corrected chi connectivity index (χ2v) is 6.79. The molecule has 4 rings (SSSR count). The minimum absolute atomic E-state index is 0.0151. The smallest absolute Gasteiger partial charge is 0.230 e. The van der Waals surface area contributed by atoms with Crippen molar-refractivity contribution in [1.29, 1.82) is 0 Å². The van der Waals surface area contributed by atoms with E-state index in [1.54, 1.807) is 0 Å². The van der Waals surface area contributed by atoms with E-state index in [9.17, 15) is 9.59 Å². The molecule has 0 spiro atoms. The molecular weight excluding hydrogens is 338 g/mol. The third kappa shape index (κ3) is 2.72. The number of fused-ring (bicyclic) bond motifs is 2. The number of likely N-dealkylation sites (N-methyl/N-ethyl adjacent to an activating group) is 1. The molecule has 2 heterocycles. The van der Waals surface area contributed by atoms with Crippen LogP contribution in [0.5, 0.6) is 0 Å². The maximum Gasteiger partial charge on any atom is 0.230 e. The van der Waals surface area contributed by atoms with Crippen LogP contribution in [-0.2, 0) is 11.2 Å². The van der Waals surface area contributed by atoms with Crippen LogP contribution in [-0.4, -0.2) is 58.8 Å². The number of hydrogen-bond acceptors (Lipinski definition) is 3. The van der Waals surface area contributed by atoms with Gasteiger partial charge in [-0.05, 0) is 49.8 Å². The monoisotopic (exact) mass is 377 g/mol. The molecule has 2 aromatic rings. The first-order valence-electron chi connectivity index (χ1n) is 14.6. The van der Waals surface area contributed by atoms with Crippen molar-refractivity contribution >= 4 is 28.3 Å². The van der Waals surface area contributed by atoms with Gasteiger partial charge in [-0.15, -0.1) is 0 Å². The largest absolute Gasteiger partial charge is 0.343 e. The van der Waals surface area contributed by atoms with Crippen molar-refractivity contribution < 1.29 is 26.0 Å². The number of rotatable bonds is 3. The first-order valence-corrected chi connectivity index (χ1v) is 8.64. The summed E-state index contributed by atoms with van der Waals surface area (Å²) < 4.78 is 96.3. The van der Waals surface area contributed by atoms with E-state index in [1.807, 2.05) is 0 Å². The number of carbonyl (C=O) groups excluding carboxylic acids is 2. The molecule has 0 unspecified atom stereocenters. The molecule has 0 fully saturated rings. The first-order chi connectivity index (χ1) is 17.7. The van der Waals surface area contributed by atoms with Gasteiger partial charge in [0.2, 0.25) is 11.8 Å². The van der Waals surface area contributed by atoms with Crippen molar-refractivity contribution in [3.05, 3.63) is 41.5 Å². The Labute approximate surface area is 177 Å². The van der Waals surface area contributed by atoms with Crippen LogP contribution in [0.15, 0.2) is 30.4 Å². The van der Waals surface area contributed by atoms with Crippen LogP contribution in [0, 0.1) is 5.92 Å². The molecule has 0 radical (unpaired) electrons. The van der Waals surface area contributed by atoms with Crippen LogP contribution in [0.3, 0.4) is 0 Å². The Bertz CT molecular complexity index is 1370. The third-order valence-electron chi connectivity index (χ3n) is 5.23. The summed E-state index contributed by atoms with van der Waals surface area (Å²) in [6.45, 7) is -8.90. The fourth-order valence-corrected chi connectivity index (χ4v) is 3.94. The zero-order valence-corrected chi connectivity index (χ0v) is 14.8. The number of nitrogens with zero attached hydrogens (tertiary/aromatic N) is 3. The van der Waals surface area contributed by atoms with Gasteiger partial charge >= 0.3 is 0 Å². The predicted octanol–water partition coefficient (Wildman–Crippen LogP) is 3.04. The highest BCUT2D eigenvalue weighted by Gasteiger charge is 2.37. The summed E-state index contributed by atoms with van der Waals surface area (Å²) in [5.41, 5.74) is 1.02. The van der Waals surface area contributed by atoms with Crippen molar-refractivity contribution in [2.45, 2.75) is 33.1 Å². The Morgan fingerprint density at radius 1 is 1.37 bits per heavy atom. The zero-order chi connectivity index (χ0) is 29.4. The van der Waals surface area contributed by atoms with Crippen molar-refractivity contribution in [3.8, 4) is 0 Å². The molecule has 0 saturated carbocycles. The summed E-state index contributed by atoms with van der Waals surface area (Å²) in [6, 6.07) is -0.0892. The molecule has 1 aliphatic carbocycles. The highest BCUT2D eigenvalue weighted by molar-refractivity contribution is 6.03. The molecule has 5 heteroatoms. The molecule has 142 valence electrons. The summed E-state index contributed by atoms with van der Waals surface area (Å²) in [7, 11) is 0. The van der Waals surface area contributed by atoms with E-state index in [4.69, 9.17) is 16.4 Å². The van der Waals surface area contributed by atoms with Crippen LogP contribution in [0.4, 0.5) is 0 Å². The lowest BCUT2D eigenvalue weighted by atomic mass is 9.79. The lowest BCUT2D eigenvalue weighted by Crippen LogP contribution is -2.47. The topological polar surface area (TPSA) is 45.6 Å². The van der Waals surface area contributed by atoms with Crippen LogP contribution in [0.1, 0.15) is 53.0 Å². The first kappa shape index (κ1) is 8.74. The molecular formula is C22H27N3O2. The van der Waals surface area contributed by atoms with Gasteiger partial charge in [0.25, 0.3) is 0 Å². The van der Waals surface area contributed by atoms with E-state index < -0.39 is 57.5 Å². The Kier molecular flexibility index (Phi) is 2.15. The molecule has 1 aromatic heterocycles. The van der Waals surface area contributed by atoms with Crippen molar-refractivity contribution in [3.63, 3.8) is 0 Å². The minimum atomic E-state index is -2.73. The molecule has 1 aliphatic heterocycles. The van der Waals surface area contributed by atoms with Gasteiger partial charge in [0.05, 0.1) is 15.5 Å². The van der Waals surface area contributed by atoms with E-state index in [2.05, 4.69) is 0 Å². The number of amides is 1. The van der Waals surface area contributed by atoms with E-state index in [0.29, 0.717) is 27.0 Å². The fourth-order valence-electron chi connectivity index (χ4n) is 3.94. The Morgan fingerprint density at radius 3 is 2.89 bits per heavy atom. The van der Waals surface area contributed by atoms with E-state index >= 15 is 0 Å². The van der Waals surface area contributed by atoms with Gasteiger partial charge in [-0.25, -0.2) is 0 Å². The zero-order valence-electron chi connectivity index (χ0n) is 26.8. The number of benzene rings is 1. The molecule has 0 N–H and O–H groups in total. The van der Waals surface area contributed by atoms with Crippen LogP contribution in [0.2, 0.25) is 0 Å².